The largest absolute Gasteiger partial charge is 0.355 e. The Hall–Kier alpha value is -1.92. The van der Waals surface area contributed by atoms with E-state index < -0.39 is 0 Å². The van der Waals surface area contributed by atoms with Crippen molar-refractivity contribution in [3.63, 3.8) is 0 Å². The van der Waals surface area contributed by atoms with E-state index in [1.165, 1.54) is 0 Å². The van der Waals surface area contributed by atoms with Crippen molar-refractivity contribution in [2.75, 3.05) is 13.1 Å². The van der Waals surface area contributed by atoms with Gasteiger partial charge < -0.3 is 15.2 Å². The smallest absolute Gasteiger partial charge is 0.239 e. The summed E-state index contributed by atoms with van der Waals surface area (Å²) in [7, 11) is 0. The van der Waals surface area contributed by atoms with Crippen LogP contribution in [0.25, 0.3) is 0 Å². The number of carbonyl (C=O) groups excluding carboxylic acids is 2. The van der Waals surface area contributed by atoms with E-state index in [-0.39, 0.29) is 30.2 Å². The molecule has 1 rings (SSSR count). The maximum absolute atomic E-state index is 11.5. The van der Waals surface area contributed by atoms with Crippen molar-refractivity contribution in [1.29, 1.82) is 0 Å². The van der Waals surface area contributed by atoms with Gasteiger partial charge in [-0.2, -0.15) is 4.98 Å². The molecule has 0 unspecified atom stereocenters. The van der Waals surface area contributed by atoms with E-state index in [0.29, 0.717) is 24.7 Å². The number of aromatic nitrogens is 2. The molecule has 0 fully saturated rings. The van der Waals surface area contributed by atoms with E-state index in [1.54, 1.807) is 0 Å². The molecule has 20 heavy (non-hydrogen) atoms. The molecule has 2 amide bonds. The van der Waals surface area contributed by atoms with Gasteiger partial charge in [-0.05, 0) is 6.92 Å². The summed E-state index contributed by atoms with van der Waals surface area (Å²) in [6.07, 6.45) is 0.579. The Bertz CT molecular complexity index is 462. The van der Waals surface area contributed by atoms with Gasteiger partial charge in [0.1, 0.15) is 0 Å². The quantitative estimate of drug-likeness (QED) is 0.794. The molecule has 0 spiro atoms. The summed E-state index contributed by atoms with van der Waals surface area (Å²) in [5.74, 6) is 0.638. The fourth-order valence-corrected chi connectivity index (χ4v) is 1.41. The van der Waals surface area contributed by atoms with E-state index in [1.807, 2.05) is 27.7 Å². The highest BCUT2D eigenvalue weighted by molar-refractivity contribution is 5.84. The third-order valence-corrected chi connectivity index (χ3v) is 2.52. The highest BCUT2D eigenvalue weighted by Crippen LogP contribution is 2.18. The fraction of sp³-hybridized carbons (Fsp3) is 0.692. The zero-order valence-corrected chi connectivity index (χ0v) is 12.4. The zero-order chi connectivity index (χ0) is 15.2. The first kappa shape index (κ1) is 16.1. The Balaban J connectivity index is 2.34. The van der Waals surface area contributed by atoms with Crippen LogP contribution in [-0.2, 0) is 21.4 Å². The minimum atomic E-state index is -0.216. The fourth-order valence-electron chi connectivity index (χ4n) is 1.41. The van der Waals surface area contributed by atoms with Crippen molar-refractivity contribution in [1.82, 2.24) is 20.8 Å². The highest BCUT2D eigenvalue weighted by atomic mass is 16.5. The van der Waals surface area contributed by atoms with Gasteiger partial charge in [0.2, 0.25) is 17.7 Å². The number of nitrogens with one attached hydrogen (secondary N) is 2. The van der Waals surface area contributed by atoms with Gasteiger partial charge in [-0.1, -0.05) is 25.9 Å². The number of rotatable bonds is 6. The first-order valence-electron chi connectivity index (χ1n) is 6.69. The topological polar surface area (TPSA) is 97.1 Å². The Morgan fingerprint density at radius 3 is 2.45 bits per heavy atom. The lowest BCUT2D eigenvalue weighted by Crippen LogP contribution is -2.36. The highest BCUT2D eigenvalue weighted by Gasteiger charge is 2.21. The van der Waals surface area contributed by atoms with Crippen LogP contribution >= 0.6 is 0 Å². The number of likely N-dealkylation sites (N-methyl/N-ethyl adjacent to an activating group) is 1. The predicted molar refractivity (Wildman–Crippen MR) is 73.0 cm³/mol. The summed E-state index contributed by atoms with van der Waals surface area (Å²) in [5.41, 5.74) is -0.178. The molecule has 0 aliphatic heterocycles. The maximum atomic E-state index is 11.5. The second-order valence-corrected chi connectivity index (χ2v) is 5.49. The van der Waals surface area contributed by atoms with Gasteiger partial charge in [0.25, 0.3) is 0 Å². The third-order valence-electron chi connectivity index (χ3n) is 2.52. The molecule has 0 atom stereocenters. The molecule has 7 heteroatoms. The van der Waals surface area contributed by atoms with Gasteiger partial charge in [-0.3, -0.25) is 9.59 Å². The van der Waals surface area contributed by atoms with Gasteiger partial charge in [-0.25, -0.2) is 0 Å². The minimum absolute atomic E-state index is 0.0102. The Labute approximate surface area is 118 Å². The van der Waals surface area contributed by atoms with E-state index in [2.05, 4.69) is 20.8 Å². The lowest BCUT2D eigenvalue weighted by molar-refractivity contribution is -0.126. The first-order valence-corrected chi connectivity index (χ1v) is 6.69. The van der Waals surface area contributed by atoms with Gasteiger partial charge >= 0.3 is 0 Å². The van der Waals surface area contributed by atoms with Gasteiger partial charge in [0, 0.05) is 24.8 Å². The predicted octanol–water partition coefficient (Wildman–Crippen LogP) is 0.552. The second-order valence-electron chi connectivity index (χ2n) is 5.49. The van der Waals surface area contributed by atoms with E-state index in [4.69, 9.17) is 4.52 Å². The molecular weight excluding hydrogens is 260 g/mol. The molecule has 0 aliphatic carbocycles. The van der Waals surface area contributed by atoms with Crippen LogP contribution in [0.3, 0.4) is 0 Å². The molecule has 1 heterocycles. The Morgan fingerprint density at radius 2 is 1.90 bits per heavy atom. The van der Waals surface area contributed by atoms with Crippen LogP contribution in [0.2, 0.25) is 0 Å². The third kappa shape index (κ3) is 5.38. The molecular formula is C13H22N4O3. The lowest BCUT2D eigenvalue weighted by atomic mass is 9.96. The second kappa shape index (κ2) is 7.02. The Kier molecular flexibility index (Phi) is 5.66. The molecule has 0 radical (unpaired) electrons. The van der Waals surface area contributed by atoms with Crippen molar-refractivity contribution >= 4 is 11.8 Å². The molecule has 7 nitrogen and oxygen atoms in total. The summed E-state index contributed by atoms with van der Waals surface area (Å²) in [6, 6.07) is 0. The van der Waals surface area contributed by atoms with Crippen molar-refractivity contribution in [2.24, 2.45) is 0 Å². The van der Waals surface area contributed by atoms with Crippen LogP contribution in [-0.4, -0.2) is 35.0 Å². The van der Waals surface area contributed by atoms with Crippen molar-refractivity contribution in [3.05, 3.63) is 11.7 Å². The molecule has 0 bridgehead atoms. The van der Waals surface area contributed by atoms with Crippen LogP contribution in [0.5, 0.6) is 0 Å². The average Bonchev–Trinajstić information content (AvgIpc) is 2.83. The van der Waals surface area contributed by atoms with Crippen LogP contribution in [0, 0.1) is 0 Å². The van der Waals surface area contributed by atoms with Crippen molar-refractivity contribution < 1.29 is 14.1 Å². The summed E-state index contributed by atoms with van der Waals surface area (Å²) < 4.78 is 5.09. The molecule has 2 N–H and O–H groups in total. The summed E-state index contributed by atoms with van der Waals surface area (Å²) in [6.45, 7) is 8.32. The van der Waals surface area contributed by atoms with E-state index in [0.717, 1.165) is 0 Å². The van der Waals surface area contributed by atoms with Crippen LogP contribution < -0.4 is 10.6 Å². The summed E-state index contributed by atoms with van der Waals surface area (Å²) >= 11 is 0. The molecule has 0 aliphatic rings. The maximum Gasteiger partial charge on any atom is 0.239 e. The average molecular weight is 282 g/mol. The number of aryl methyl sites for hydroxylation is 1. The number of carbonyl (C=O) groups is 2. The molecule has 112 valence electrons. The monoisotopic (exact) mass is 282 g/mol. The van der Waals surface area contributed by atoms with Gasteiger partial charge in [-0.15, -0.1) is 0 Å². The lowest BCUT2D eigenvalue weighted by Gasteiger charge is -2.10. The van der Waals surface area contributed by atoms with Crippen LogP contribution in [0.1, 0.15) is 45.8 Å². The molecule has 0 saturated carbocycles. The summed E-state index contributed by atoms with van der Waals surface area (Å²) in [5, 5.41) is 9.02. The summed E-state index contributed by atoms with van der Waals surface area (Å²) in [4.78, 5) is 27.0. The molecule has 0 aromatic carbocycles. The van der Waals surface area contributed by atoms with E-state index in [9.17, 15) is 9.59 Å². The number of hydrogen-bond acceptors (Lipinski definition) is 5. The SMILES string of the molecule is CCNC(=O)CNC(=O)CCc1nc(C(C)(C)C)no1. The molecule has 1 aromatic heterocycles. The molecule has 0 saturated heterocycles. The number of hydrogen-bond donors (Lipinski definition) is 2. The van der Waals surface area contributed by atoms with Crippen LogP contribution in [0.15, 0.2) is 4.52 Å². The minimum Gasteiger partial charge on any atom is -0.355 e. The van der Waals surface area contributed by atoms with Crippen molar-refractivity contribution in [2.45, 2.75) is 46.0 Å². The van der Waals surface area contributed by atoms with Gasteiger partial charge in [0.15, 0.2) is 5.82 Å². The standard InChI is InChI=1S/C13H22N4O3/c1-5-14-10(19)8-15-9(18)6-7-11-16-12(17-20-11)13(2,3)4/h5-8H2,1-4H3,(H,14,19)(H,15,18). The van der Waals surface area contributed by atoms with Crippen molar-refractivity contribution in [3.8, 4) is 0 Å². The number of amides is 2. The zero-order valence-electron chi connectivity index (χ0n) is 12.4. The van der Waals surface area contributed by atoms with E-state index >= 15 is 0 Å². The van der Waals surface area contributed by atoms with Gasteiger partial charge in [0.05, 0.1) is 6.54 Å². The Morgan fingerprint density at radius 1 is 1.20 bits per heavy atom. The normalized spacial score (nSPS) is 11.2. The number of nitrogens with zero attached hydrogens (tertiary/aromatic N) is 2. The molecule has 1 aromatic rings. The van der Waals surface area contributed by atoms with Crippen LogP contribution in [0.4, 0.5) is 0 Å². The first-order chi connectivity index (χ1) is 9.32.